The Bertz CT molecular complexity index is 519. The van der Waals surface area contributed by atoms with E-state index in [2.05, 4.69) is 34.7 Å². The van der Waals surface area contributed by atoms with Gasteiger partial charge in [0, 0.05) is 20.3 Å². The summed E-state index contributed by atoms with van der Waals surface area (Å²) in [5.74, 6) is 0.613. The van der Waals surface area contributed by atoms with Gasteiger partial charge >= 0.3 is 0 Å². The van der Waals surface area contributed by atoms with E-state index in [1.165, 1.54) is 5.56 Å². The monoisotopic (exact) mass is 247 g/mol. The minimum absolute atomic E-state index is 0.613. The van der Waals surface area contributed by atoms with Gasteiger partial charge < -0.3 is 15.0 Å². The first kappa shape index (κ1) is 12.9. The number of aryl methyl sites for hydroxylation is 2. The third-order valence-corrected chi connectivity index (χ3v) is 3.16. The van der Waals surface area contributed by atoms with Crippen LogP contribution in [0, 0.1) is 6.92 Å². The maximum Gasteiger partial charge on any atom is 0.201 e. The summed E-state index contributed by atoms with van der Waals surface area (Å²) < 4.78 is 7.14. The molecule has 98 valence electrons. The Morgan fingerprint density at radius 2 is 2.11 bits per heavy atom. The molecule has 0 saturated carbocycles. The van der Waals surface area contributed by atoms with Crippen molar-refractivity contribution in [2.45, 2.75) is 32.7 Å². The van der Waals surface area contributed by atoms with Gasteiger partial charge in [-0.2, -0.15) is 0 Å². The van der Waals surface area contributed by atoms with Crippen LogP contribution in [0.5, 0.6) is 0 Å². The van der Waals surface area contributed by atoms with E-state index in [-0.39, 0.29) is 0 Å². The number of nitrogen functional groups attached to an aromatic ring is 1. The summed E-state index contributed by atoms with van der Waals surface area (Å²) in [5.41, 5.74) is 9.31. The summed E-state index contributed by atoms with van der Waals surface area (Å²) in [6.45, 7) is 3.83. The quantitative estimate of drug-likeness (QED) is 0.798. The topological polar surface area (TPSA) is 53.1 Å². The van der Waals surface area contributed by atoms with Crippen molar-refractivity contribution in [3.63, 3.8) is 0 Å². The van der Waals surface area contributed by atoms with Crippen LogP contribution in [0.15, 0.2) is 18.2 Å². The molecule has 0 radical (unpaired) electrons. The molecule has 1 aromatic carbocycles. The summed E-state index contributed by atoms with van der Waals surface area (Å²) in [6, 6.07) is 6.28. The molecule has 2 aromatic rings. The number of methoxy groups -OCH3 is 1. The minimum Gasteiger partial charge on any atom is -0.385 e. The highest BCUT2D eigenvalue weighted by atomic mass is 16.5. The summed E-state index contributed by atoms with van der Waals surface area (Å²) in [5, 5.41) is 0. The Morgan fingerprint density at radius 3 is 2.89 bits per heavy atom. The lowest BCUT2D eigenvalue weighted by Crippen LogP contribution is -2.03. The fraction of sp³-hybridized carbons (Fsp3) is 0.500. The Morgan fingerprint density at radius 1 is 1.28 bits per heavy atom. The van der Waals surface area contributed by atoms with E-state index in [0.717, 1.165) is 43.4 Å². The Hall–Kier alpha value is -1.55. The number of imidazole rings is 1. The third-order valence-electron chi connectivity index (χ3n) is 3.16. The van der Waals surface area contributed by atoms with Crippen LogP contribution in [0.1, 0.15) is 24.8 Å². The van der Waals surface area contributed by atoms with E-state index in [1.807, 2.05) is 0 Å². The predicted octanol–water partition coefficient (Wildman–Crippen LogP) is 2.74. The van der Waals surface area contributed by atoms with Gasteiger partial charge in [0.1, 0.15) is 0 Å². The molecule has 1 aromatic heterocycles. The molecule has 2 rings (SSSR count). The normalized spacial score (nSPS) is 11.2. The maximum atomic E-state index is 5.97. The van der Waals surface area contributed by atoms with E-state index in [1.54, 1.807) is 7.11 Å². The maximum absolute atomic E-state index is 5.97. The zero-order valence-corrected chi connectivity index (χ0v) is 11.1. The molecular formula is C14H21N3O. The molecule has 0 fully saturated rings. The number of nitrogens with two attached hydrogens (primary N) is 1. The van der Waals surface area contributed by atoms with Gasteiger partial charge in [0.05, 0.1) is 11.0 Å². The number of ether oxygens (including phenoxy) is 1. The lowest BCUT2D eigenvalue weighted by Gasteiger charge is -2.06. The number of nitrogens with zero attached hydrogens (tertiary/aromatic N) is 2. The number of fused-ring (bicyclic) bond motifs is 1. The van der Waals surface area contributed by atoms with Crippen LogP contribution in [0.25, 0.3) is 11.0 Å². The number of anilines is 1. The van der Waals surface area contributed by atoms with Crippen LogP contribution in [0.4, 0.5) is 5.95 Å². The van der Waals surface area contributed by atoms with Gasteiger partial charge in [-0.3, -0.25) is 0 Å². The Kier molecular flexibility index (Phi) is 4.20. The van der Waals surface area contributed by atoms with Crippen molar-refractivity contribution >= 4 is 17.0 Å². The molecule has 18 heavy (non-hydrogen) atoms. The minimum atomic E-state index is 0.613. The molecule has 0 spiro atoms. The largest absolute Gasteiger partial charge is 0.385 e. The SMILES string of the molecule is COCCCCCn1c(N)nc2cc(C)ccc21. The number of unbranched alkanes of at least 4 members (excludes halogenated alkanes) is 2. The summed E-state index contributed by atoms with van der Waals surface area (Å²) in [6.07, 6.45) is 3.36. The third kappa shape index (κ3) is 2.82. The lowest BCUT2D eigenvalue weighted by molar-refractivity contribution is 0.191. The van der Waals surface area contributed by atoms with E-state index in [0.29, 0.717) is 5.95 Å². The van der Waals surface area contributed by atoms with Gasteiger partial charge in [-0.1, -0.05) is 6.07 Å². The van der Waals surface area contributed by atoms with E-state index in [4.69, 9.17) is 10.5 Å². The van der Waals surface area contributed by atoms with Gasteiger partial charge in [-0.25, -0.2) is 4.98 Å². The van der Waals surface area contributed by atoms with Crippen molar-refractivity contribution in [3.05, 3.63) is 23.8 Å². The molecule has 0 unspecified atom stereocenters. The zero-order chi connectivity index (χ0) is 13.0. The zero-order valence-electron chi connectivity index (χ0n) is 11.1. The molecule has 0 aliphatic rings. The number of hydrogen-bond acceptors (Lipinski definition) is 3. The molecule has 0 aliphatic heterocycles. The second kappa shape index (κ2) is 5.87. The number of hydrogen-bond donors (Lipinski definition) is 1. The summed E-state index contributed by atoms with van der Waals surface area (Å²) >= 11 is 0. The van der Waals surface area contributed by atoms with Crippen LogP contribution < -0.4 is 5.73 Å². The van der Waals surface area contributed by atoms with Crippen molar-refractivity contribution in [1.29, 1.82) is 0 Å². The van der Waals surface area contributed by atoms with E-state index in [9.17, 15) is 0 Å². The lowest BCUT2D eigenvalue weighted by atomic mass is 10.2. The fourth-order valence-electron chi connectivity index (χ4n) is 2.19. The highest BCUT2D eigenvalue weighted by Crippen LogP contribution is 2.19. The van der Waals surface area contributed by atoms with Crippen LogP contribution in [0.3, 0.4) is 0 Å². The summed E-state index contributed by atoms with van der Waals surface area (Å²) in [4.78, 5) is 4.41. The van der Waals surface area contributed by atoms with Crippen LogP contribution in [-0.2, 0) is 11.3 Å². The number of benzene rings is 1. The van der Waals surface area contributed by atoms with E-state index < -0.39 is 0 Å². The van der Waals surface area contributed by atoms with Crippen molar-refractivity contribution in [2.24, 2.45) is 0 Å². The van der Waals surface area contributed by atoms with Gasteiger partial charge in [0.15, 0.2) is 0 Å². The van der Waals surface area contributed by atoms with Gasteiger partial charge in [0.25, 0.3) is 0 Å². The molecule has 0 atom stereocenters. The number of aromatic nitrogens is 2. The van der Waals surface area contributed by atoms with Gasteiger partial charge in [-0.15, -0.1) is 0 Å². The Labute approximate surface area is 108 Å². The molecule has 4 heteroatoms. The van der Waals surface area contributed by atoms with Crippen LogP contribution >= 0.6 is 0 Å². The molecule has 1 heterocycles. The van der Waals surface area contributed by atoms with Crippen LogP contribution in [0.2, 0.25) is 0 Å². The standard InChI is InChI=1S/C14H21N3O/c1-11-6-7-13-12(10-11)16-14(15)17(13)8-4-3-5-9-18-2/h6-7,10H,3-5,8-9H2,1-2H3,(H2,15,16). The molecular weight excluding hydrogens is 226 g/mol. The smallest absolute Gasteiger partial charge is 0.201 e. The molecule has 0 aliphatic carbocycles. The average molecular weight is 247 g/mol. The molecule has 0 saturated heterocycles. The van der Waals surface area contributed by atoms with Crippen molar-refractivity contribution < 1.29 is 4.74 Å². The first-order valence-electron chi connectivity index (χ1n) is 6.43. The first-order valence-corrected chi connectivity index (χ1v) is 6.43. The molecule has 0 bridgehead atoms. The second-order valence-electron chi connectivity index (χ2n) is 4.67. The van der Waals surface area contributed by atoms with Crippen molar-refractivity contribution in [3.8, 4) is 0 Å². The van der Waals surface area contributed by atoms with Crippen molar-refractivity contribution in [1.82, 2.24) is 9.55 Å². The number of rotatable bonds is 6. The highest BCUT2D eigenvalue weighted by Gasteiger charge is 2.07. The fourth-order valence-corrected chi connectivity index (χ4v) is 2.19. The van der Waals surface area contributed by atoms with E-state index >= 15 is 0 Å². The molecule has 2 N–H and O–H groups in total. The van der Waals surface area contributed by atoms with Crippen LogP contribution in [-0.4, -0.2) is 23.3 Å². The highest BCUT2D eigenvalue weighted by molar-refractivity contribution is 5.79. The predicted molar refractivity (Wildman–Crippen MR) is 74.6 cm³/mol. The average Bonchev–Trinajstić information content (AvgIpc) is 2.64. The molecule has 0 amide bonds. The van der Waals surface area contributed by atoms with Crippen molar-refractivity contribution in [2.75, 3.05) is 19.5 Å². The first-order chi connectivity index (χ1) is 8.72. The summed E-state index contributed by atoms with van der Waals surface area (Å²) in [7, 11) is 1.74. The van der Waals surface area contributed by atoms with Gasteiger partial charge in [-0.05, 0) is 43.9 Å². The second-order valence-corrected chi connectivity index (χ2v) is 4.67. The Balaban J connectivity index is 2.05. The van der Waals surface area contributed by atoms with Gasteiger partial charge in [0.2, 0.25) is 5.95 Å². The molecule has 4 nitrogen and oxygen atoms in total.